The Kier molecular flexibility index (Phi) is 3.49. The summed E-state index contributed by atoms with van der Waals surface area (Å²) in [6.45, 7) is 0. The van der Waals surface area contributed by atoms with Gasteiger partial charge in [-0.15, -0.1) is 11.3 Å². The van der Waals surface area contributed by atoms with Crippen molar-refractivity contribution >= 4 is 34.8 Å². The fraction of sp³-hybridized carbons (Fsp3) is 0. The Labute approximate surface area is 102 Å². The average molecular weight is 250 g/mol. The van der Waals surface area contributed by atoms with Crippen LogP contribution in [0.15, 0.2) is 42.0 Å². The summed E-state index contributed by atoms with van der Waals surface area (Å²) in [7, 11) is 0. The second-order valence-electron chi connectivity index (χ2n) is 3.09. The van der Waals surface area contributed by atoms with E-state index < -0.39 is 0 Å². The topological polar surface area (TPSA) is 30.0 Å². The van der Waals surface area contributed by atoms with E-state index in [2.05, 4.69) is 4.98 Å². The molecule has 2 aromatic rings. The standard InChI is InChI=1S/C12H8ClNOS/c13-10-3-1-9(2-4-10)11(5-6-15)12-7-14-8-16-12/h1-8H. The highest BCUT2D eigenvalue weighted by Crippen LogP contribution is 2.26. The molecule has 0 saturated carbocycles. The fourth-order valence-electron chi connectivity index (χ4n) is 1.37. The predicted molar refractivity (Wildman–Crippen MR) is 66.7 cm³/mol. The maximum absolute atomic E-state index is 10.6. The molecule has 2 nitrogen and oxygen atoms in total. The molecule has 1 aromatic heterocycles. The molecular formula is C12H8ClNOS. The Morgan fingerprint density at radius 1 is 1.31 bits per heavy atom. The van der Waals surface area contributed by atoms with Crippen LogP contribution in [0.2, 0.25) is 5.02 Å². The lowest BCUT2D eigenvalue weighted by atomic mass is 10.1. The smallest absolute Gasteiger partial charge is 0.143 e. The van der Waals surface area contributed by atoms with E-state index in [9.17, 15) is 4.79 Å². The number of rotatable bonds is 3. The van der Waals surface area contributed by atoms with Crippen molar-refractivity contribution in [3.05, 3.63) is 57.5 Å². The lowest BCUT2D eigenvalue weighted by molar-refractivity contribution is -0.104. The van der Waals surface area contributed by atoms with Gasteiger partial charge in [0.05, 0.1) is 10.4 Å². The van der Waals surface area contributed by atoms with Gasteiger partial charge >= 0.3 is 0 Å². The first-order valence-electron chi connectivity index (χ1n) is 4.61. The van der Waals surface area contributed by atoms with Crippen LogP contribution in [0.4, 0.5) is 0 Å². The second-order valence-corrected chi connectivity index (χ2v) is 4.41. The number of hydrogen-bond donors (Lipinski definition) is 0. The fourth-order valence-corrected chi connectivity index (χ4v) is 2.16. The molecule has 2 rings (SSSR count). The van der Waals surface area contributed by atoms with Crippen molar-refractivity contribution in [3.63, 3.8) is 0 Å². The van der Waals surface area contributed by atoms with Crippen LogP contribution in [0.3, 0.4) is 0 Å². The zero-order chi connectivity index (χ0) is 11.4. The molecular weight excluding hydrogens is 242 g/mol. The molecule has 0 saturated heterocycles. The highest BCUT2D eigenvalue weighted by atomic mass is 35.5. The van der Waals surface area contributed by atoms with Gasteiger partial charge in [-0.25, -0.2) is 0 Å². The van der Waals surface area contributed by atoms with Gasteiger partial charge in [0.1, 0.15) is 6.29 Å². The molecule has 0 radical (unpaired) electrons. The number of aldehydes is 1. The van der Waals surface area contributed by atoms with Gasteiger partial charge in [0.15, 0.2) is 0 Å². The molecule has 0 unspecified atom stereocenters. The van der Waals surface area contributed by atoms with Crippen molar-refractivity contribution in [2.45, 2.75) is 0 Å². The molecule has 0 bridgehead atoms. The summed E-state index contributed by atoms with van der Waals surface area (Å²) in [5, 5.41) is 0.679. The summed E-state index contributed by atoms with van der Waals surface area (Å²) in [5.41, 5.74) is 3.57. The van der Waals surface area contributed by atoms with Crippen LogP contribution in [0.1, 0.15) is 10.4 Å². The molecule has 1 heterocycles. The molecule has 0 aliphatic carbocycles. The predicted octanol–water partition coefficient (Wildman–Crippen LogP) is 3.43. The Morgan fingerprint density at radius 2 is 2.06 bits per heavy atom. The first-order valence-corrected chi connectivity index (χ1v) is 5.87. The third kappa shape index (κ3) is 2.38. The van der Waals surface area contributed by atoms with Crippen LogP contribution in [0.25, 0.3) is 5.57 Å². The summed E-state index contributed by atoms with van der Waals surface area (Å²) in [6.07, 6.45) is 4.06. The maximum atomic E-state index is 10.6. The number of allylic oxidation sites excluding steroid dienone is 1. The first-order chi connectivity index (χ1) is 7.81. The molecule has 0 atom stereocenters. The first kappa shape index (κ1) is 11.0. The Hall–Kier alpha value is -1.45. The highest BCUT2D eigenvalue weighted by molar-refractivity contribution is 7.10. The van der Waals surface area contributed by atoms with Gasteiger partial charge in [-0.2, -0.15) is 0 Å². The number of carbonyl (C=O) groups excluding carboxylic acids is 1. The Balaban J connectivity index is 2.45. The quantitative estimate of drug-likeness (QED) is 0.616. The van der Waals surface area contributed by atoms with Gasteiger partial charge < -0.3 is 0 Å². The SMILES string of the molecule is O=CC=C(c1ccc(Cl)cc1)c1cncs1. The summed E-state index contributed by atoms with van der Waals surface area (Å²) in [4.78, 5) is 15.6. The molecule has 0 fully saturated rings. The van der Waals surface area contributed by atoms with Crippen molar-refractivity contribution in [1.29, 1.82) is 0 Å². The number of carbonyl (C=O) groups is 1. The van der Waals surface area contributed by atoms with E-state index in [1.54, 1.807) is 23.8 Å². The number of thiazole rings is 1. The zero-order valence-corrected chi connectivity index (χ0v) is 9.83. The maximum Gasteiger partial charge on any atom is 0.143 e. The summed E-state index contributed by atoms with van der Waals surface area (Å²) < 4.78 is 0. The van der Waals surface area contributed by atoms with Crippen molar-refractivity contribution in [3.8, 4) is 0 Å². The van der Waals surface area contributed by atoms with E-state index in [1.807, 2.05) is 12.1 Å². The summed E-state index contributed by atoms with van der Waals surface area (Å²) in [5.74, 6) is 0. The number of hydrogen-bond acceptors (Lipinski definition) is 3. The third-order valence-electron chi connectivity index (χ3n) is 2.09. The van der Waals surface area contributed by atoms with Gasteiger partial charge in [0.25, 0.3) is 0 Å². The number of aromatic nitrogens is 1. The van der Waals surface area contributed by atoms with Crippen molar-refractivity contribution < 1.29 is 4.79 Å². The highest BCUT2D eigenvalue weighted by Gasteiger charge is 2.06. The van der Waals surface area contributed by atoms with Crippen LogP contribution in [0, 0.1) is 0 Å². The van der Waals surface area contributed by atoms with Crippen LogP contribution in [0.5, 0.6) is 0 Å². The van der Waals surface area contributed by atoms with Crippen LogP contribution in [-0.2, 0) is 4.79 Å². The van der Waals surface area contributed by atoms with Gasteiger partial charge in [-0.3, -0.25) is 9.78 Å². The molecule has 4 heteroatoms. The van der Waals surface area contributed by atoms with Gasteiger partial charge in [-0.05, 0) is 23.8 Å². The molecule has 0 amide bonds. The minimum Gasteiger partial charge on any atom is -0.299 e. The van der Waals surface area contributed by atoms with E-state index in [1.165, 1.54) is 17.4 Å². The third-order valence-corrected chi connectivity index (χ3v) is 3.15. The van der Waals surface area contributed by atoms with Crippen molar-refractivity contribution in [1.82, 2.24) is 4.98 Å². The number of nitrogens with zero attached hydrogens (tertiary/aromatic N) is 1. The number of halogens is 1. The van der Waals surface area contributed by atoms with Crippen LogP contribution < -0.4 is 0 Å². The minimum absolute atomic E-state index is 0.679. The molecule has 80 valence electrons. The van der Waals surface area contributed by atoms with Crippen LogP contribution in [-0.4, -0.2) is 11.3 Å². The second kappa shape index (κ2) is 5.05. The Morgan fingerprint density at radius 3 is 2.62 bits per heavy atom. The normalized spacial score (nSPS) is 11.4. The van der Waals surface area contributed by atoms with Gasteiger partial charge in [0.2, 0.25) is 0 Å². The van der Waals surface area contributed by atoms with Crippen molar-refractivity contribution in [2.75, 3.05) is 0 Å². The molecule has 0 aliphatic rings. The molecule has 16 heavy (non-hydrogen) atoms. The molecule has 0 aliphatic heterocycles. The average Bonchev–Trinajstić information content (AvgIpc) is 2.81. The lowest BCUT2D eigenvalue weighted by Gasteiger charge is -2.03. The van der Waals surface area contributed by atoms with Gasteiger partial charge in [0, 0.05) is 16.8 Å². The number of benzene rings is 1. The van der Waals surface area contributed by atoms with Crippen LogP contribution >= 0.6 is 22.9 Å². The van der Waals surface area contributed by atoms with Crippen molar-refractivity contribution in [2.24, 2.45) is 0 Å². The van der Waals surface area contributed by atoms with E-state index in [-0.39, 0.29) is 0 Å². The largest absolute Gasteiger partial charge is 0.299 e. The summed E-state index contributed by atoms with van der Waals surface area (Å²) in [6, 6.07) is 7.38. The monoisotopic (exact) mass is 249 g/mol. The van der Waals surface area contributed by atoms with E-state index in [0.717, 1.165) is 22.3 Å². The molecule has 0 N–H and O–H groups in total. The minimum atomic E-state index is 0.679. The van der Waals surface area contributed by atoms with E-state index in [0.29, 0.717) is 5.02 Å². The lowest BCUT2D eigenvalue weighted by Crippen LogP contribution is -1.85. The zero-order valence-electron chi connectivity index (χ0n) is 8.26. The summed E-state index contributed by atoms with van der Waals surface area (Å²) >= 11 is 7.32. The Bertz CT molecular complexity index is 502. The van der Waals surface area contributed by atoms with Gasteiger partial charge in [-0.1, -0.05) is 23.7 Å². The van der Waals surface area contributed by atoms with E-state index >= 15 is 0 Å². The molecule has 1 aromatic carbocycles. The van der Waals surface area contributed by atoms with E-state index in [4.69, 9.17) is 11.6 Å². The molecule has 0 spiro atoms.